The summed E-state index contributed by atoms with van der Waals surface area (Å²) in [7, 11) is 0. The summed E-state index contributed by atoms with van der Waals surface area (Å²) < 4.78 is 0. The lowest BCUT2D eigenvalue weighted by Gasteiger charge is -2.13. The predicted octanol–water partition coefficient (Wildman–Crippen LogP) is 2.86. The van der Waals surface area contributed by atoms with Gasteiger partial charge < -0.3 is 16.0 Å². The summed E-state index contributed by atoms with van der Waals surface area (Å²) in [5.41, 5.74) is 0. The van der Waals surface area contributed by atoms with Gasteiger partial charge in [-0.25, -0.2) is 4.98 Å². The molecule has 0 aliphatic rings. The van der Waals surface area contributed by atoms with Crippen LogP contribution in [0.15, 0.2) is 29.4 Å². The Morgan fingerprint density at radius 3 is 2.71 bits per heavy atom. The number of anilines is 1. The van der Waals surface area contributed by atoms with Crippen molar-refractivity contribution in [2.45, 2.75) is 39.7 Å². The Hall–Kier alpha value is -1.05. The van der Waals surface area contributed by atoms with Gasteiger partial charge >= 0.3 is 0 Å². The van der Waals surface area contributed by atoms with Crippen molar-refractivity contribution in [2.75, 3.05) is 25.0 Å². The molecule has 3 N–H and O–H groups in total. The second-order valence-corrected chi connectivity index (χ2v) is 4.91. The first-order valence-electron chi connectivity index (χ1n) is 7.42. The van der Waals surface area contributed by atoms with Gasteiger partial charge in [-0.15, -0.1) is 24.0 Å². The lowest BCUT2D eigenvalue weighted by atomic mass is 10.3. The van der Waals surface area contributed by atoms with Gasteiger partial charge in [0.2, 0.25) is 0 Å². The Kier molecular flexibility index (Phi) is 12.0. The maximum Gasteiger partial charge on any atom is 0.191 e. The van der Waals surface area contributed by atoms with Gasteiger partial charge in [0, 0.05) is 31.9 Å². The van der Waals surface area contributed by atoms with E-state index in [0.717, 1.165) is 44.3 Å². The maximum atomic E-state index is 4.55. The minimum absolute atomic E-state index is 0. The molecule has 0 saturated heterocycles. The molecule has 0 amide bonds. The van der Waals surface area contributed by atoms with Gasteiger partial charge in [-0.05, 0) is 45.7 Å². The molecule has 0 spiro atoms. The second-order valence-electron chi connectivity index (χ2n) is 4.91. The fraction of sp³-hybridized carbons (Fsp3) is 0.600. The quantitative estimate of drug-likeness (QED) is 0.270. The number of halogens is 1. The van der Waals surface area contributed by atoms with Gasteiger partial charge in [0.25, 0.3) is 0 Å². The van der Waals surface area contributed by atoms with Crippen LogP contribution in [0, 0.1) is 0 Å². The van der Waals surface area contributed by atoms with Gasteiger partial charge in [-0.2, -0.15) is 0 Å². The molecule has 120 valence electrons. The van der Waals surface area contributed by atoms with Crippen molar-refractivity contribution in [1.29, 1.82) is 0 Å². The number of nitrogens with zero attached hydrogens (tertiary/aromatic N) is 2. The third kappa shape index (κ3) is 10.3. The highest BCUT2D eigenvalue weighted by Gasteiger charge is 1.98. The number of aromatic nitrogens is 1. The summed E-state index contributed by atoms with van der Waals surface area (Å²) in [5, 5.41) is 9.85. The second kappa shape index (κ2) is 12.7. The van der Waals surface area contributed by atoms with E-state index >= 15 is 0 Å². The summed E-state index contributed by atoms with van der Waals surface area (Å²) in [4.78, 5) is 8.77. The number of nitrogens with one attached hydrogen (secondary N) is 3. The first-order valence-corrected chi connectivity index (χ1v) is 7.42. The molecule has 0 radical (unpaired) electrons. The topological polar surface area (TPSA) is 61.3 Å². The molecule has 21 heavy (non-hydrogen) atoms. The lowest BCUT2D eigenvalue weighted by Crippen LogP contribution is -2.41. The van der Waals surface area contributed by atoms with Crippen LogP contribution in [0.5, 0.6) is 0 Å². The van der Waals surface area contributed by atoms with Crippen molar-refractivity contribution < 1.29 is 0 Å². The molecule has 6 heteroatoms. The van der Waals surface area contributed by atoms with Crippen LogP contribution in [0.25, 0.3) is 0 Å². The van der Waals surface area contributed by atoms with Gasteiger partial charge in [-0.3, -0.25) is 4.99 Å². The SMILES string of the molecule is CCNC(=NCCCCNc1ccccn1)NC(C)C.I. The van der Waals surface area contributed by atoms with E-state index in [4.69, 9.17) is 0 Å². The van der Waals surface area contributed by atoms with E-state index in [-0.39, 0.29) is 24.0 Å². The third-order valence-corrected chi connectivity index (χ3v) is 2.60. The van der Waals surface area contributed by atoms with E-state index in [9.17, 15) is 0 Å². The molecule has 0 saturated carbocycles. The molecule has 1 heterocycles. The van der Waals surface area contributed by atoms with E-state index in [1.165, 1.54) is 0 Å². The van der Waals surface area contributed by atoms with Gasteiger partial charge in [-0.1, -0.05) is 6.07 Å². The largest absolute Gasteiger partial charge is 0.370 e. The Morgan fingerprint density at radius 2 is 2.10 bits per heavy atom. The van der Waals surface area contributed by atoms with Crippen molar-refractivity contribution in [3.05, 3.63) is 24.4 Å². The smallest absolute Gasteiger partial charge is 0.191 e. The summed E-state index contributed by atoms with van der Waals surface area (Å²) in [5.74, 6) is 1.84. The third-order valence-electron chi connectivity index (χ3n) is 2.60. The maximum absolute atomic E-state index is 4.55. The Labute approximate surface area is 145 Å². The molecular formula is C15H28IN5. The molecule has 0 unspecified atom stereocenters. The van der Waals surface area contributed by atoms with Crippen LogP contribution in [0.1, 0.15) is 33.6 Å². The van der Waals surface area contributed by atoms with E-state index in [0.29, 0.717) is 6.04 Å². The molecule has 0 atom stereocenters. The van der Waals surface area contributed by atoms with Gasteiger partial charge in [0.1, 0.15) is 5.82 Å². The number of hydrogen-bond acceptors (Lipinski definition) is 3. The fourth-order valence-corrected chi connectivity index (χ4v) is 1.70. The highest BCUT2D eigenvalue weighted by molar-refractivity contribution is 14.0. The fourth-order valence-electron chi connectivity index (χ4n) is 1.70. The number of guanidine groups is 1. The highest BCUT2D eigenvalue weighted by Crippen LogP contribution is 2.00. The average Bonchev–Trinajstić information content (AvgIpc) is 2.43. The number of unbranched alkanes of at least 4 members (excludes halogenated alkanes) is 1. The number of rotatable bonds is 8. The number of hydrogen-bond donors (Lipinski definition) is 3. The van der Waals surface area contributed by atoms with Crippen molar-refractivity contribution in [1.82, 2.24) is 15.6 Å². The van der Waals surface area contributed by atoms with E-state index in [1.807, 2.05) is 18.2 Å². The molecule has 0 fully saturated rings. The van der Waals surface area contributed by atoms with Crippen LogP contribution < -0.4 is 16.0 Å². The molecule has 5 nitrogen and oxygen atoms in total. The van der Waals surface area contributed by atoms with Crippen molar-refractivity contribution in [3.63, 3.8) is 0 Å². The summed E-state index contributed by atoms with van der Waals surface area (Å²) >= 11 is 0. The highest BCUT2D eigenvalue weighted by atomic mass is 127. The summed E-state index contributed by atoms with van der Waals surface area (Å²) in [6, 6.07) is 6.29. The number of aliphatic imine (C=N–C) groups is 1. The van der Waals surface area contributed by atoms with Crippen LogP contribution in [0.2, 0.25) is 0 Å². The molecular weight excluding hydrogens is 377 g/mol. The van der Waals surface area contributed by atoms with E-state index in [2.05, 4.69) is 46.7 Å². The molecule has 1 aromatic heterocycles. The first kappa shape index (κ1) is 19.9. The van der Waals surface area contributed by atoms with Crippen LogP contribution in [-0.4, -0.2) is 36.6 Å². The van der Waals surface area contributed by atoms with Crippen molar-refractivity contribution in [2.24, 2.45) is 4.99 Å². The molecule has 1 aromatic rings. The molecule has 0 aliphatic heterocycles. The minimum Gasteiger partial charge on any atom is -0.370 e. The number of pyridine rings is 1. The summed E-state index contributed by atoms with van der Waals surface area (Å²) in [6.07, 6.45) is 3.95. The van der Waals surface area contributed by atoms with Gasteiger partial charge in [0.15, 0.2) is 5.96 Å². The zero-order chi connectivity index (χ0) is 14.6. The van der Waals surface area contributed by atoms with Crippen LogP contribution >= 0.6 is 24.0 Å². The van der Waals surface area contributed by atoms with Crippen molar-refractivity contribution in [3.8, 4) is 0 Å². The zero-order valence-electron chi connectivity index (χ0n) is 13.2. The Balaban J connectivity index is 0.00000400. The molecule has 0 aliphatic carbocycles. The Morgan fingerprint density at radius 1 is 1.29 bits per heavy atom. The molecule has 0 aromatic carbocycles. The van der Waals surface area contributed by atoms with Crippen LogP contribution in [0.4, 0.5) is 5.82 Å². The Bertz CT molecular complexity index is 381. The lowest BCUT2D eigenvalue weighted by molar-refractivity contribution is 0.693. The monoisotopic (exact) mass is 405 g/mol. The predicted molar refractivity (Wildman–Crippen MR) is 102 cm³/mol. The normalized spacial score (nSPS) is 11.0. The average molecular weight is 405 g/mol. The van der Waals surface area contributed by atoms with E-state index in [1.54, 1.807) is 6.20 Å². The van der Waals surface area contributed by atoms with Crippen LogP contribution in [0.3, 0.4) is 0 Å². The zero-order valence-corrected chi connectivity index (χ0v) is 15.6. The van der Waals surface area contributed by atoms with E-state index < -0.39 is 0 Å². The van der Waals surface area contributed by atoms with Crippen molar-refractivity contribution >= 4 is 35.8 Å². The molecule has 1 rings (SSSR count). The first-order chi connectivity index (χ1) is 9.72. The van der Waals surface area contributed by atoms with Gasteiger partial charge in [0.05, 0.1) is 0 Å². The standard InChI is InChI=1S/C15H27N5.HI/c1-4-16-15(20-13(2)3)19-12-8-7-11-18-14-9-5-6-10-17-14;/h5-6,9-10,13H,4,7-8,11-12H2,1-3H3,(H,17,18)(H2,16,19,20);1H. The molecule has 0 bridgehead atoms. The van der Waals surface area contributed by atoms with Crippen LogP contribution in [-0.2, 0) is 0 Å². The summed E-state index contributed by atoms with van der Waals surface area (Å²) in [6.45, 7) is 8.97. The minimum atomic E-state index is 0.